The van der Waals surface area contributed by atoms with Crippen LogP contribution in [0.1, 0.15) is 33.6 Å². The van der Waals surface area contributed by atoms with Crippen molar-refractivity contribution < 1.29 is 0 Å². The Labute approximate surface area is 78.3 Å². The number of alkyl halides is 1. The van der Waals surface area contributed by atoms with Gasteiger partial charge in [-0.15, -0.1) is 0 Å². The largest absolute Gasteiger partial charge is 0.298 e. The van der Waals surface area contributed by atoms with E-state index in [4.69, 9.17) is 0 Å². The normalized spacial score (nSPS) is 24.0. The second kappa shape index (κ2) is 3.44. The van der Waals surface area contributed by atoms with Crippen molar-refractivity contribution >= 4 is 15.9 Å². The molecule has 1 saturated heterocycles. The smallest absolute Gasteiger partial charge is 0.0170 e. The molecule has 2 heteroatoms. The molecule has 1 nitrogen and oxygen atoms in total. The lowest BCUT2D eigenvalue weighted by molar-refractivity contribution is 0.114. The Hall–Kier alpha value is 0.440. The zero-order valence-electron chi connectivity index (χ0n) is 7.73. The minimum absolute atomic E-state index is 0.368. The number of piperidine rings is 1. The first-order valence-corrected chi connectivity index (χ1v) is 5.31. The zero-order chi connectivity index (χ0) is 8.48. The third-order valence-electron chi connectivity index (χ3n) is 2.37. The summed E-state index contributed by atoms with van der Waals surface area (Å²) < 4.78 is 0. The van der Waals surface area contributed by atoms with Gasteiger partial charge in [-0.05, 0) is 46.7 Å². The average molecular weight is 220 g/mol. The van der Waals surface area contributed by atoms with Gasteiger partial charge in [0.2, 0.25) is 0 Å². The van der Waals surface area contributed by atoms with Crippen LogP contribution < -0.4 is 0 Å². The van der Waals surface area contributed by atoms with E-state index in [0.29, 0.717) is 5.54 Å². The highest BCUT2D eigenvalue weighted by Gasteiger charge is 2.25. The molecule has 0 saturated carbocycles. The Morgan fingerprint density at radius 1 is 1.18 bits per heavy atom. The molecule has 0 atom stereocenters. The molecule has 1 heterocycles. The molecule has 0 bridgehead atoms. The van der Waals surface area contributed by atoms with Gasteiger partial charge in [-0.3, -0.25) is 4.90 Å². The molecule has 1 aliphatic heterocycles. The predicted molar refractivity (Wildman–Crippen MR) is 53.3 cm³/mol. The van der Waals surface area contributed by atoms with Crippen LogP contribution in [0.25, 0.3) is 0 Å². The summed E-state index contributed by atoms with van der Waals surface area (Å²) in [5.74, 6) is 0. The van der Waals surface area contributed by atoms with Gasteiger partial charge < -0.3 is 0 Å². The molecule has 11 heavy (non-hydrogen) atoms. The van der Waals surface area contributed by atoms with Crippen molar-refractivity contribution in [1.82, 2.24) is 4.90 Å². The minimum Gasteiger partial charge on any atom is -0.298 e. The van der Waals surface area contributed by atoms with Crippen molar-refractivity contribution in [2.24, 2.45) is 0 Å². The van der Waals surface area contributed by atoms with E-state index < -0.39 is 0 Å². The van der Waals surface area contributed by atoms with Crippen molar-refractivity contribution in [2.75, 3.05) is 13.1 Å². The number of hydrogen-bond donors (Lipinski definition) is 0. The van der Waals surface area contributed by atoms with Gasteiger partial charge in [-0.1, -0.05) is 15.9 Å². The standard InChI is InChI=1S/C9H18BrN/c1-9(2,3)11-6-4-8(10)5-7-11/h8H,4-7H2,1-3H3. The lowest BCUT2D eigenvalue weighted by Crippen LogP contribution is -2.46. The molecular formula is C9H18BrN. The fourth-order valence-corrected chi connectivity index (χ4v) is 1.93. The van der Waals surface area contributed by atoms with E-state index in [1.165, 1.54) is 25.9 Å². The minimum atomic E-state index is 0.368. The summed E-state index contributed by atoms with van der Waals surface area (Å²) >= 11 is 3.66. The highest BCUT2D eigenvalue weighted by molar-refractivity contribution is 9.09. The van der Waals surface area contributed by atoms with Crippen LogP contribution in [0.5, 0.6) is 0 Å². The topological polar surface area (TPSA) is 3.24 Å². The van der Waals surface area contributed by atoms with Crippen LogP contribution >= 0.6 is 15.9 Å². The number of likely N-dealkylation sites (tertiary alicyclic amines) is 1. The molecule has 1 rings (SSSR count). The number of hydrogen-bond acceptors (Lipinski definition) is 1. The molecule has 0 radical (unpaired) electrons. The van der Waals surface area contributed by atoms with Crippen molar-refractivity contribution in [2.45, 2.75) is 44.0 Å². The predicted octanol–water partition coefficient (Wildman–Crippen LogP) is 2.64. The number of rotatable bonds is 0. The molecule has 0 unspecified atom stereocenters. The summed E-state index contributed by atoms with van der Waals surface area (Å²) in [5.41, 5.74) is 0.368. The fourth-order valence-electron chi connectivity index (χ4n) is 1.52. The van der Waals surface area contributed by atoms with Gasteiger partial charge in [0.1, 0.15) is 0 Å². The van der Waals surface area contributed by atoms with Gasteiger partial charge in [0.15, 0.2) is 0 Å². The van der Waals surface area contributed by atoms with Crippen molar-refractivity contribution in [1.29, 1.82) is 0 Å². The molecular weight excluding hydrogens is 202 g/mol. The Kier molecular flexibility index (Phi) is 2.98. The third-order valence-corrected chi connectivity index (χ3v) is 3.29. The van der Waals surface area contributed by atoms with Crippen LogP contribution in [0, 0.1) is 0 Å². The second-order valence-electron chi connectivity index (χ2n) is 4.33. The maximum Gasteiger partial charge on any atom is 0.0170 e. The molecule has 1 fully saturated rings. The maximum absolute atomic E-state index is 3.66. The van der Waals surface area contributed by atoms with E-state index in [-0.39, 0.29) is 0 Å². The lowest BCUT2D eigenvalue weighted by Gasteiger charge is -2.39. The second-order valence-corrected chi connectivity index (χ2v) is 5.63. The van der Waals surface area contributed by atoms with Crippen molar-refractivity contribution in [3.05, 3.63) is 0 Å². The first-order valence-electron chi connectivity index (χ1n) is 4.39. The molecule has 0 aliphatic carbocycles. The van der Waals surface area contributed by atoms with Gasteiger partial charge in [0.25, 0.3) is 0 Å². The first kappa shape index (κ1) is 9.53. The summed E-state index contributed by atoms with van der Waals surface area (Å²) in [4.78, 5) is 3.33. The molecule has 0 aromatic rings. The van der Waals surface area contributed by atoms with Crippen LogP contribution in [-0.2, 0) is 0 Å². The van der Waals surface area contributed by atoms with Crippen molar-refractivity contribution in [3.63, 3.8) is 0 Å². The zero-order valence-corrected chi connectivity index (χ0v) is 9.32. The fraction of sp³-hybridized carbons (Fsp3) is 1.00. The van der Waals surface area contributed by atoms with Gasteiger partial charge in [-0.25, -0.2) is 0 Å². The Balaban J connectivity index is 2.39. The van der Waals surface area contributed by atoms with Crippen molar-refractivity contribution in [3.8, 4) is 0 Å². The number of nitrogens with zero attached hydrogens (tertiary/aromatic N) is 1. The Bertz CT molecular complexity index is 120. The van der Waals surface area contributed by atoms with Gasteiger partial charge in [0.05, 0.1) is 0 Å². The molecule has 66 valence electrons. The van der Waals surface area contributed by atoms with Crippen LogP contribution in [0.15, 0.2) is 0 Å². The summed E-state index contributed by atoms with van der Waals surface area (Å²) in [7, 11) is 0. The lowest BCUT2D eigenvalue weighted by atomic mass is 10.0. The van der Waals surface area contributed by atoms with E-state index in [1.54, 1.807) is 0 Å². The summed E-state index contributed by atoms with van der Waals surface area (Å²) in [6, 6.07) is 0. The highest BCUT2D eigenvalue weighted by Crippen LogP contribution is 2.23. The van der Waals surface area contributed by atoms with Gasteiger partial charge in [-0.2, -0.15) is 0 Å². The summed E-state index contributed by atoms with van der Waals surface area (Å²) in [6.07, 6.45) is 2.61. The van der Waals surface area contributed by atoms with E-state index in [1.807, 2.05) is 0 Å². The highest BCUT2D eigenvalue weighted by atomic mass is 79.9. The van der Waals surface area contributed by atoms with E-state index in [0.717, 1.165) is 4.83 Å². The SMILES string of the molecule is CC(C)(C)N1CCC(Br)CC1. The van der Waals surface area contributed by atoms with Crippen LogP contribution in [0.3, 0.4) is 0 Å². The van der Waals surface area contributed by atoms with Crippen LogP contribution in [0.4, 0.5) is 0 Å². The first-order chi connectivity index (χ1) is 5.00. The summed E-state index contributed by atoms with van der Waals surface area (Å²) in [6.45, 7) is 9.38. The molecule has 0 aromatic heterocycles. The van der Waals surface area contributed by atoms with Gasteiger partial charge in [0, 0.05) is 10.4 Å². The molecule has 0 amide bonds. The van der Waals surface area contributed by atoms with E-state index >= 15 is 0 Å². The Morgan fingerprint density at radius 2 is 1.64 bits per heavy atom. The van der Waals surface area contributed by atoms with Gasteiger partial charge >= 0.3 is 0 Å². The maximum atomic E-state index is 3.66. The monoisotopic (exact) mass is 219 g/mol. The van der Waals surface area contributed by atoms with E-state index in [9.17, 15) is 0 Å². The molecule has 1 aliphatic rings. The quantitative estimate of drug-likeness (QED) is 0.567. The number of halogens is 1. The average Bonchev–Trinajstić information content (AvgIpc) is 1.86. The molecule has 0 aromatic carbocycles. The summed E-state index contributed by atoms with van der Waals surface area (Å²) in [5, 5.41) is 0. The van der Waals surface area contributed by atoms with E-state index in [2.05, 4.69) is 41.6 Å². The van der Waals surface area contributed by atoms with Crippen LogP contribution in [0.2, 0.25) is 0 Å². The molecule has 0 spiro atoms. The van der Waals surface area contributed by atoms with Crippen LogP contribution in [-0.4, -0.2) is 28.4 Å². The Morgan fingerprint density at radius 3 is 2.00 bits per heavy atom. The molecule has 0 N–H and O–H groups in total. The third kappa shape index (κ3) is 2.75.